The van der Waals surface area contributed by atoms with Gasteiger partial charge >= 0.3 is 5.97 Å². The van der Waals surface area contributed by atoms with Crippen molar-refractivity contribution in [2.45, 2.75) is 23.6 Å². The third kappa shape index (κ3) is 6.37. The summed E-state index contributed by atoms with van der Waals surface area (Å²) in [6, 6.07) is 26.1. The number of hydrogen-bond acceptors (Lipinski definition) is 6. The fourth-order valence-corrected chi connectivity index (χ4v) is 6.54. The van der Waals surface area contributed by atoms with Crippen LogP contribution >= 0.6 is 11.8 Å². The maximum Gasteiger partial charge on any atom is 0.313 e. The zero-order valence-corrected chi connectivity index (χ0v) is 22.2. The Morgan fingerprint density at radius 2 is 1.58 bits per heavy atom. The number of amides is 1. The number of anilines is 1. The highest BCUT2D eigenvalue weighted by atomic mass is 32.2. The van der Waals surface area contributed by atoms with Crippen molar-refractivity contribution in [1.82, 2.24) is 14.8 Å². The molecule has 1 aromatic heterocycles. The smallest absolute Gasteiger partial charge is 0.313 e. The topological polar surface area (TPSA) is 77.0 Å². The van der Waals surface area contributed by atoms with Crippen molar-refractivity contribution in [3.63, 3.8) is 0 Å². The van der Waals surface area contributed by atoms with Gasteiger partial charge in [0.25, 0.3) is 0 Å². The molecule has 0 saturated carbocycles. The highest BCUT2D eigenvalue weighted by Crippen LogP contribution is 2.30. The molecule has 2 unspecified atom stereocenters. The van der Waals surface area contributed by atoms with Crippen LogP contribution in [0.15, 0.2) is 85.1 Å². The van der Waals surface area contributed by atoms with Gasteiger partial charge in [-0.25, -0.2) is 4.98 Å². The average Bonchev–Trinajstić information content (AvgIpc) is 3.41. The number of carbonyl (C=O) groups excluding carboxylic acids is 1. The minimum atomic E-state index is -0.767. The average molecular weight is 531 g/mol. The van der Waals surface area contributed by atoms with Gasteiger partial charge in [-0.1, -0.05) is 66.7 Å². The summed E-state index contributed by atoms with van der Waals surface area (Å²) in [6.45, 7) is 4.59. The van der Waals surface area contributed by atoms with E-state index in [1.165, 1.54) is 11.8 Å². The molecule has 0 spiro atoms. The maximum atomic E-state index is 14.4. The summed E-state index contributed by atoms with van der Waals surface area (Å²) >= 11 is 1.52. The molecule has 2 fully saturated rings. The Hall–Kier alpha value is -3.36. The Labute approximate surface area is 228 Å². The molecule has 2 aliphatic rings. The van der Waals surface area contributed by atoms with Crippen LogP contribution in [0.4, 0.5) is 5.82 Å². The van der Waals surface area contributed by atoms with Gasteiger partial charge in [0.1, 0.15) is 5.82 Å². The number of carbonyl (C=O) groups is 2. The molecule has 1 amide bonds. The quantitative estimate of drug-likeness (QED) is 0.451. The largest absolute Gasteiger partial charge is 0.481 e. The monoisotopic (exact) mass is 530 g/mol. The second-order valence-electron chi connectivity index (χ2n) is 9.95. The lowest BCUT2D eigenvalue weighted by atomic mass is 9.89. The fourth-order valence-electron chi connectivity index (χ4n) is 5.57. The van der Waals surface area contributed by atoms with Crippen molar-refractivity contribution in [2.24, 2.45) is 0 Å². The van der Waals surface area contributed by atoms with E-state index >= 15 is 0 Å². The molecule has 8 heteroatoms. The van der Waals surface area contributed by atoms with Crippen LogP contribution in [0.3, 0.4) is 0 Å². The molecular weight excluding hydrogens is 496 g/mol. The van der Waals surface area contributed by atoms with Crippen LogP contribution in [0.2, 0.25) is 0 Å². The SMILES string of the molecule is O=C(O)CSC1CCN(CC2CN(c3ccccn3)CCN2C(=O)C(c2ccccc2)c2ccccc2)C1. The summed E-state index contributed by atoms with van der Waals surface area (Å²) in [7, 11) is 0. The maximum absolute atomic E-state index is 14.4. The third-order valence-electron chi connectivity index (χ3n) is 7.39. The van der Waals surface area contributed by atoms with Crippen molar-refractivity contribution in [1.29, 1.82) is 0 Å². The number of nitrogens with zero attached hydrogens (tertiary/aromatic N) is 4. The van der Waals surface area contributed by atoms with Crippen LogP contribution in [0.1, 0.15) is 23.5 Å². The van der Waals surface area contributed by atoms with Crippen LogP contribution in [-0.2, 0) is 9.59 Å². The van der Waals surface area contributed by atoms with Gasteiger partial charge in [-0.05, 0) is 36.2 Å². The molecule has 0 aliphatic carbocycles. The number of benzene rings is 2. The first-order valence-electron chi connectivity index (χ1n) is 13.2. The lowest BCUT2D eigenvalue weighted by molar-refractivity contribution is -0.135. The van der Waals surface area contributed by atoms with Gasteiger partial charge in [0.2, 0.25) is 5.91 Å². The lowest BCUT2D eigenvalue weighted by Gasteiger charge is -2.44. The number of carboxylic acids is 1. The Morgan fingerprint density at radius 1 is 0.895 bits per heavy atom. The minimum absolute atomic E-state index is 0.00333. The summed E-state index contributed by atoms with van der Waals surface area (Å²) in [6.07, 6.45) is 2.78. The van der Waals surface area contributed by atoms with Gasteiger partial charge < -0.3 is 19.8 Å². The number of aliphatic carboxylic acids is 1. The molecule has 2 aromatic carbocycles. The van der Waals surface area contributed by atoms with E-state index in [0.29, 0.717) is 18.3 Å². The normalized spacial score (nSPS) is 20.1. The van der Waals surface area contributed by atoms with E-state index in [-0.39, 0.29) is 23.6 Å². The second kappa shape index (κ2) is 12.5. The van der Waals surface area contributed by atoms with Gasteiger partial charge in [0.15, 0.2) is 0 Å². The number of hydrogen-bond donors (Lipinski definition) is 1. The molecular formula is C30H34N4O3S. The molecule has 2 saturated heterocycles. The highest BCUT2D eigenvalue weighted by Gasteiger charge is 2.37. The van der Waals surface area contributed by atoms with Crippen LogP contribution < -0.4 is 4.90 Å². The first-order chi connectivity index (χ1) is 18.6. The van der Waals surface area contributed by atoms with E-state index in [0.717, 1.165) is 49.5 Å². The van der Waals surface area contributed by atoms with Gasteiger partial charge in [-0.2, -0.15) is 0 Å². The zero-order chi connectivity index (χ0) is 26.3. The zero-order valence-electron chi connectivity index (χ0n) is 21.4. The van der Waals surface area contributed by atoms with E-state index < -0.39 is 5.97 Å². The molecule has 7 nitrogen and oxygen atoms in total. The summed E-state index contributed by atoms with van der Waals surface area (Å²) in [5.41, 5.74) is 2.00. The number of rotatable bonds is 9. The van der Waals surface area contributed by atoms with E-state index in [1.54, 1.807) is 0 Å². The van der Waals surface area contributed by atoms with Crippen LogP contribution in [0.25, 0.3) is 0 Å². The van der Waals surface area contributed by atoms with Crippen molar-refractivity contribution in [3.05, 3.63) is 96.2 Å². The van der Waals surface area contributed by atoms with E-state index in [4.69, 9.17) is 5.11 Å². The number of likely N-dealkylation sites (tertiary alicyclic amines) is 1. The third-order valence-corrected chi connectivity index (χ3v) is 8.66. The van der Waals surface area contributed by atoms with Crippen LogP contribution in [0.5, 0.6) is 0 Å². The summed E-state index contributed by atoms with van der Waals surface area (Å²) < 4.78 is 0. The number of carboxylic acid groups (broad SMARTS) is 1. The molecule has 0 radical (unpaired) electrons. The molecule has 38 heavy (non-hydrogen) atoms. The Kier molecular flexibility index (Phi) is 8.61. The van der Waals surface area contributed by atoms with Crippen molar-refractivity contribution >= 4 is 29.5 Å². The van der Waals surface area contributed by atoms with E-state index in [2.05, 4.69) is 19.7 Å². The van der Waals surface area contributed by atoms with E-state index in [9.17, 15) is 9.59 Å². The summed E-state index contributed by atoms with van der Waals surface area (Å²) in [4.78, 5) is 36.8. The first kappa shape index (κ1) is 26.3. The molecule has 1 N–H and O–H groups in total. The second-order valence-corrected chi connectivity index (χ2v) is 11.2. The molecule has 3 aromatic rings. The molecule has 0 bridgehead atoms. The number of aromatic nitrogens is 1. The molecule has 5 rings (SSSR count). The Balaban J connectivity index is 1.39. The van der Waals surface area contributed by atoms with Gasteiger partial charge in [0.05, 0.1) is 17.7 Å². The van der Waals surface area contributed by atoms with Crippen molar-refractivity contribution in [2.75, 3.05) is 49.9 Å². The minimum Gasteiger partial charge on any atom is -0.481 e. The number of pyridine rings is 1. The molecule has 3 heterocycles. The van der Waals surface area contributed by atoms with Crippen LogP contribution in [-0.4, -0.2) is 88.1 Å². The fraction of sp³-hybridized carbons (Fsp3) is 0.367. The van der Waals surface area contributed by atoms with Crippen molar-refractivity contribution in [3.8, 4) is 0 Å². The predicted octanol–water partition coefficient (Wildman–Crippen LogP) is 3.82. The Morgan fingerprint density at radius 3 is 2.21 bits per heavy atom. The number of thioether (sulfide) groups is 1. The van der Waals surface area contributed by atoms with E-state index in [1.807, 2.05) is 85.1 Å². The van der Waals surface area contributed by atoms with Crippen molar-refractivity contribution < 1.29 is 14.7 Å². The predicted molar refractivity (Wildman–Crippen MR) is 152 cm³/mol. The van der Waals surface area contributed by atoms with Gasteiger partial charge in [-0.15, -0.1) is 11.8 Å². The van der Waals surface area contributed by atoms with Crippen LogP contribution in [0, 0.1) is 0 Å². The standard InChI is InChI=1S/C30H34N4O3S/c35-28(36)22-38-26-14-16-32(21-26)19-25-20-33(27-13-7-8-15-31-27)17-18-34(25)30(37)29(23-9-3-1-4-10-23)24-11-5-2-6-12-24/h1-13,15,25-26,29H,14,16-22H2,(H,35,36). The highest BCUT2D eigenvalue weighted by molar-refractivity contribution is 8.00. The first-order valence-corrected chi connectivity index (χ1v) is 14.3. The van der Waals surface area contributed by atoms with Gasteiger partial charge in [-0.3, -0.25) is 9.59 Å². The lowest BCUT2D eigenvalue weighted by Crippen LogP contribution is -2.59. The molecule has 198 valence electrons. The molecule has 2 atom stereocenters. The summed E-state index contributed by atoms with van der Waals surface area (Å²) in [5.74, 6) is 0.0679. The summed E-state index contributed by atoms with van der Waals surface area (Å²) in [5, 5.41) is 9.40. The Bertz CT molecular complexity index is 1160. The molecule has 2 aliphatic heterocycles. The number of piperazine rings is 1. The van der Waals surface area contributed by atoms with Gasteiger partial charge in [0, 0.05) is 44.2 Å².